The highest BCUT2D eigenvalue weighted by Gasteiger charge is 2.37. The van der Waals surface area contributed by atoms with Crippen LogP contribution in [0, 0.1) is 5.92 Å². The third kappa shape index (κ3) is 2.45. The van der Waals surface area contributed by atoms with Gasteiger partial charge in [-0.3, -0.25) is 9.58 Å². The Morgan fingerprint density at radius 3 is 2.89 bits per heavy atom. The SMILES string of the molecule is CCn1nccc1C1C(CNC)CCN1C(C)C. The lowest BCUT2D eigenvalue weighted by atomic mass is 9.97. The molecule has 2 rings (SSSR count). The summed E-state index contributed by atoms with van der Waals surface area (Å²) < 4.78 is 2.15. The summed E-state index contributed by atoms with van der Waals surface area (Å²) in [5.74, 6) is 0.694. The van der Waals surface area contributed by atoms with Gasteiger partial charge in [0, 0.05) is 18.8 Å². The second kappa shape index (κ2) is 5.85. The van der Waals surface area contributed by atoms with Gasteiger partial charge >= 0.3 is 0 Å². The Morgan fingerprint density at radius 2 is 2.28 bits per heavy atom. The molecule has 1 aromatic heterocycles. The summed E-state index contributed by atoms with van der Waals surface area (Å²) in [5.41, 5.74) is 1.38. The number of rotatable bonds is 5. The minimum Gasteiger partial charge on any atom is -0.319 e. The fraction of sp³-hybridized carbons (Fsp3) is 0.786. The highest BCUT2D eigenvalue weighted by Crippen LogP contribution is 2.38. The van der Waals surface area contributed by atoms with Crippen LogP contribution in [0.5, 0.6) is 0 Å². The van der Waals surface area contributed by atoms with Crippen molar-refractivity contribution >= 4 is 0 Å². The zero-order valence-electron chi connectivity index (χ0n) is 12.1. The number of aromatic nitrogens is 2. The van der Waals surface area contributed by atoms with E-state index in [1.807, 2.05) is 13.2 Å². The Bertz CT molecular complexity index is 372. The molecule has 4 heteroatoms. The summed E-state index contributed by atoms with van der Waals surface area (Å²) in [7, 11) is 2.05. The first-order valence-electron chi connectivity index (χ1n) is 7.11. The maximum atomic E-state index is 4.44. The molecule has 0 saturated carbocycles. The van der Waals surface area contributed by atoms with Crippen LogP contribution in [0.25, 0.3) is 0 Å². The lowest BCUT2D eigenvalue weighted by molar-refractivity contribution is 0.174. The average molecular weight is 250 g/mol. The first-order chi connectivity index (χ1) is 8.69. The fourth-order valence-electron chi connectivity index (χ4n) is 3.21. The van der Waals surface area contributed by atoms with Crippen LogP contribution in [0.15, 0.2) is 12.3 Å². The first kappa shape index (κ1) is 13.6. The van der Waals surface area contributed by atoms with E-state index in [9.17, 15) is 0 Å². The summed E-state index contributed by atoms with van der Waals surface area (Å²) in [6, 6.07) is 3.30. The molecular weight excluding hydrogens is 224 g/mol. The van der Waals surface area contributed by atoms with Crippen molar-refractivity contribution in [1.29, 1.82) is 0 Å². The fourth-order valence-corrected chi connectivity index (χ4v) is 3.21. The maximum Gasteiger partial charge on any atom is 0.0560 e. The lowest BCUT2D eigenvalue weighted by Gasteiger charge is -2.31. The molecule has 0 aromatic carbocycles. The Kier molecular flexibility index (Phi) is 4.40. The molecule has 4 nitrogen and oxygen atoms in total. The van der Waals surface area contributed by atoms with E-state index in [1.165, 1.54) is 18.7 Å². The average Bonchev–Trinajstić information content (AvgIpc) is 2.94. The zero-order valence-corrected chi connectivity index (χ0v) is 12.1. The molecule has 1 aliphatic heterocycles. The predicted molar refractivity (Wildman–Crippen MR) is 74.5 cm³/mol. The van der Waals surface area contributed by atoms with Crippen LogP contribution >= 0.6 is 0 Å². The molecule has 1 saturated heterocycles. The van der Waals surface area contributed by atoms with Crippen LogP contribution in [-0.4, -0.2) is 40.9 Å². The van der Waals surface area contributed by atoms with E-state index in [1.54, 1.807) is 0 Å². The van der Waals surface area contributed by atoms with Crippen molar-refractivity contribution in [2.24, 2.45) is 5.92 Å². The number of nitrogens with zero attached hydrogens (tertiary/aromatic N) is 3. The normalized spacial score (nSPS) is 25.2. The number of hydrogen-bond acceptors (Lipinski definition) is 3. The maximum absolute atomic E-state index is 4.44. The van der Waals surface area contributed by atoms with E-state index in [0.29, 0.717) is 18.0 Å². The molecule has 2 heterocycles. The van der Waals surface area contributed by atoms with Gasteiger partial charge < -0.3 is 5.32 Å². The molecule has 102 valence electrons. The van der Waals surface area contributed by atoms with E-state index >= 15 is 0 Å². The highest BCUT2D eigenvalue weighted by atomic mass is 15.3. The molecule has 0 radical (unpaired) electrons. The zero-order chi connectivity index (χ0) is 13.1. The molecule has 1 N–H and O–H groups in total. The number of nitrogens with one attached hydrogen (secondary N) is 1. The molecule has 18 heavy (non-hydrogen) atoms. The van der Waals surface area contributed by atoms with Crippen LogP contribution in [0.1, 0.15) is 38.9 Å². The smallest absolute Gasteiger partial charge is 0.0560 e. The summed E-state index contributed by atoms with van der Waals surface area (Å²) in [6.07, 6.45) is 3.21. The van der Waals surface area contributed by atoms with Gasteiger partial charge in [0.1, 0.15) is 0 Å². The standard InChI is InChI=1S/C14H26N4/c1-5-18-13(6-8-16-18)14-12(10-15-4)7-9-17(14)11(2)3/h6,8,11-12,14-15H,5,7,9-10H2,1-4H3. The number of hydrogen-bond donors (Lipinski definition) is 1. The number of likely N-dealkylation sites (tertiary alicyclic amines) is 1. The van der Waals surface area contributed by atoms with Gasteiger partial charge in [-0.2, -0.15) is 5.10 Å². The van der Waals surface area contributed by atoms with Gasteiger partial charge in [0.05, 0.1) is 11.7 Å². The van der Waals surface area contributed by atoms with Crippen molar-refractivity contribution in [1.82, 2.24) is 20.0 Å². The molecule has 1 aromatic rings. The molecule has 1 aliphatic rings. The van der Waals surface area contributed by atoms with Crippen molar-refractivity contribution in [3.63, 3.8) is 0 Å². The molecule has 2 unspecified atom stereocenters. The second-order valence-electron chi connectivity index (χ2n) is 5.45. The minimum absolute atomic E-state index is 0.514. The third-order valence-electron chi connectivity index (χ3n) is 4.04. The van der Waals surface area contributed by atoms with Gasteiger partial charge in [-0.1, -0.05) is 0 Å². The van der Waals surface area contributed by atoms with E-state index in [-0.39, 0.29) is 0 Å². The largest absolute Gasteiger partial charge is 0.319 e. The van der Waals surface area contributed by atoms with E-state index in [0.717, 1.165) is 13.1 Å². The quantitative estimate of drug-likeness (QED) is 0.866. The second-order valence-corrected chi connectivity index (χ2v) is 5.45. The van der Waals surface area contributed by atoms with E-state index in [4.69, 9.17) is 0 Å². The first-order valence-corrected chi connectivity index (χ1v) is 7.11. The minimum atomic E-state index is 0.514. The Balaban J connectivity index is 2.28. The predicted octanol–water partition coefficient (Wildman–Crippen LogP) is 1.89. The number of aryl methyl sites for hydroxylation is 1. The molecule has 0 bridgehead atoms. The monoisotopic (exact) mass is 250 g/mol. The van der Waals surface area contributed by atoms with Crippen LogP contribution in [0.2, 0.25) is 0 Å². The van der Waals surface area contributed by atoms with Gasteiger partial charge in [0.25, 0.3) is 0 Å². The van der Waals surface area contributed by atoms with Crippen LogP contribution in [0.3, 0.4) is 0 Å². The highest BCUT2D eigenvalue weighted by molar-refractivity contribution is 5.12. The van der Waals surface area contributed by atoms with Crippen molar-refractivity contribution in [3.05, 3.63) is 18.0 Å². The van der Waals surface area contributed by atoms with Gasteiger partial charge in [-0.05, 0) is 59.3 Å². The lowest BCUT2D eigenvalue weighted by Crippen LogP contribution is -2.35. The molecular formula is C14H26N4. The van der Waals surface area contributed by atoms with Gasteiger partial charge in [-0.25, -0.2) is 0 Å². The van der Waals surface area contributed by atoms with Gasteiger partial charge in [0.2, 0.25) is 0 Å². The Labute approximate surface area is 110 Å². The topological polar surface area (TPSA) is 33.1 Å². The van der Waals surface area contributed by atoms with Crippen LogP contribution in [0.4, 0.5) is 0 Å². The molecule has 2 atom stereocenters. The summed E-state index contributed by atoms with van der Waals surface area (Å²) in [4.78, 5) is 2.62. The van der Waals surface area contributed by atoms with E-state index in [2.05, 4.69) is 46.8 Å². The van der Waals surface area contributed by atoms with E-state index < -0.39 is 0 Å². The third-order valence-corrected chi connectivity index (χ3v) is 4.04. The van der Waals surface area contributed by atoms with Crippen molar-refractivity contribution < 1.29 is 0 Å². The van der Waals surface area contributed by atoms with Crippen LogP contribution < -0.4 is 5.32 Å². The Morgan fingerprint density at radius 1 is 1.50 bits per heavy atom. The van der Waals surface area contributed by atoms with Crippen molar-refractivity contribution in [2.45, 2.75) is 45.8 Å². The summed E-state index contributed by atoms with van der Waals surface area (Å²) in [6.45, 7) is 9.99. The Hall–Kier alpha value is -0.870. The summed E-state index contributed by atoms with van der Waals surface area (Å²) >= 11 is 0. The molecule has 0 spiro atoms. The van der Waals surface area contributed by atoms with Crippen molar-refractivity contribution in [2.75, 3.05) is 20.1 Å². The van der Waals surface area contributed by atoms with Gasteiger partial charge in [0.15, 0.2) is 0 Å². The molecule has 0 amide bonds. The molecule has 1 fully saturated rings. The van der Waals surface area contributed by atoms with Crippen LogP contribution in [-0.2, 0) is 6.54 Å². The van der Waals surface area contributed by atoms with Gasteiger partial charge in [-0.15, -0.1) is 0 Å². The van der Waals surface area contributed by atoms with Crippen molar-refractivity contribution in [3.8, 4) is 0 Å². The summed E-state index contributed by atoms with van der Waals surface area (Å²) in [5, 5.41) is 7.78. The molecule has 0 aliphatic carbocycles.